The van der Waals surface area contributed by atoms with Crippen molar-refractivity contribution in [2.75, 3.05) is 19.6 Å². The molecule has 0 fully saturated rings. The Hall–Kier alpha value is -2.48. The Labute approximate surface area is 166 Å². The van der Waals surface area contributed by atoms with Gasteiger partial charge in [0.2, 0.25) is 0 Å². The summed E-state index contributed by atoms with van der Waals surface area (Å²) >= 11 is 0. The van der Waals surface area contributed by atoms with Gasteiger partial charge in [-0.3, -0.25) is 10.1 Å². The molecule has 1 aromatic rings. The first-order valence-corrected chi connectivity index (χ1v) is 9.73. The summed E-state index contributed by atoms with van der Waals surface area (Å²) in [6, 6.07) is 6.95. The Balaban J connectivity index is 0.00000105. The summed E-state index contributed by atoms with van der Waals surface area (Å²) in [6.07, 6.45) is 8.63. The molecule has 0 radical (unpaired) electrons. The number of carboxylic acid groups (broad SMARTS) is 2. The van der Waals surface area contributed by atoms with Gasteiger partial charge in [0, 0.05) is 12.1 Å². The van der Waals surface area contributed by atoms with Crippen molar-refractivity contribution < 1.29 is 24.7 Å². The minimum atomic E-state index is -1.82. The smallest absolute Gasteiger partial charge is 0.414 e. The first-order valence-electron chi connectivity index (χ1n) is 9.73. The molecule has 28 heavy (non-hydrogen) atoms. The summed E-state index contributed by atoms with van der Waals surface area (Å²) < 4.78 is 0. The van der Waals surface area contributed by atoms with Crippen molar-refractivity contribution in [3.05, 3.63) is 39.9 Å². The number of benzene rings is 1. The van der Waals surface area contributed by atoms with E-state index >= 15 is 0 Å². The van der Waals surface area contributed by atoms with Crippen LogP contribution in [0, 0.1) is 10.1 Å². The van der Waals surface area contributed by atoms with Gasteiger partial charge in [0.25, 0.3) is 5.69 Å². The van der Waals surface area contributed by atoms with Gasteiger partial charge < -0.3 is 15.1 Å². The Bertz CT molecular complexity index is 577. The minimum absolute atomic E-state index is 0.174. The highest BCUT2D eigenvalue weighted by Gasteiger charge is 2.05. The predicted molar refractivity (Wildman–Crippen MR) is 108 cm³/mol. The van der Waals surface area contributed by atoms with Crippen LogP contribution in [0.15, 0.2) is 24.3 Å². The molecule has 0 saturated heterocycles. The lowest BCUT2D eigenvalue weighted by molar-refractivity contribution is -0.384. The van der Waals surface area contributed by atoms with Crippen LogP contribution in [0.1, 0.15) is 57.9 Å². The van der Waals surface area contributed by atoms with Crippen molar-refractivity contribution >= 4 is 17.6 Å². The molecular formula is C20H32N2O6. The summed E-state index contributed by atoms with van der Waals surface area (Å²) in [5.74, 6) is -3.65. The Morgan fingerprint density at radius 3 is 1.89 bits per heavy atom. The maximum Gasteiger partial charge on any atom is 0.414 e. The van der Waals surface area contributed by atoms with Gasteiger partial charge in [-0.15, -0.1) is 0 Å². The Morgan fingerprint density at radius 1 is 0.929 bits per heavy atom. The molecule has 0 aromatic heterocycles. The number of nitrogens with zero attached hydrogens (tertiary/aromatic N) is 2. The van der Waals surface area contributed by atoms with Crippen LogP contribution in [-0.4, -0.2) is 51.6 Å². The number of carbonyl (C=O) groups is 2. The first-order chi connectivity index (χ1) is 13.3. The van der Waals surface area contributed by atoms with E-state index in [1.54, 1.807) is 12.1 Å². The summed E-state index contributed by atoms with van der Waals surface area (Å²) in [7, 11) is 0. The number of aryl methyl sites for hydroxylation is 1. The van der Waals surface area contributed by atoms with Gasteiger partial charge in [0.05, 0.1) is 4.92 Å². The van der Waals surface area contributed by atoms with E-state index in [2.05, 4.69) is 18.7 Å². The third-order valence-corrected chi connectivity index (χ3v) is 4.30. The first kappa shape index (κ1) is 25.5. The van der Waals surface area contributed by atoms with Gasteiger partial charge in [-0.2, -0.15) is 0 Å². The fourth-order valence-corrected chi connectivity index (χ4v) is 2.64. The zero-order chi connectivity index (χ0) is 21.4. The van der Waals surface area contributed by atoms with Crippen molar-refractivity contribution in [3.63, 3.8) is 0 Å². The molecule has 0 aliphatic carbocycles. The number of hydrogen-bond donors (Lipinski definition) is 2. The molecule has 0 heterocycles. The van der Waals surface area contributed by atoms with Crippen LogP contribution in [0.3, 0.4) is 0 Å². The van der Waals surface area contributed by atoms with E-state index in [0.29, 0.717) is 0 Å². The fourth-order valence-electron chi connectivity index (χ4n) is 2.64. The topological polar surface area (TPSA) is 121 Å². The van der Waals surface area contributed by atoms with Crippen LogP contribution in [0.2, 0.25) is 0 Å². The van der Waals surface area contributed by atoms with E-state index in [4.69, 9.17) is 19.8 Å². The molecule has 0 bridgehead atoms. The van der Waals surface area contributed by atoms with Gasteiger partial charge in [-0.05, 0) is 50.9 Å². The van der Waals surface area contributed by atoms with E-state index in [0.717, 1.165) is 25.9 Å². The van der Waals surface area contributed by atoms with E-state index in [1.165, 1.54) is 44.2 Å². The van der Waals surface area contributed by atoms with Gasteiger partial charge >= 0.3 is 11.9 Å². The number of aliphatic carboxylic acids is 2. The largest absolute Gasteiger partial charge is 0.473 e. The van der Waals surface area contributed by atoms with Crippen LogP contribution >= 0.6 is 0 Å². The molecule has 0 saturated carbocycles. The molecule has 0 unspecified atom stereocenters. The molecular weight excluding hydrogens is 364 g/mol. The lowest BCUT2D eigenvalue weighted by Gasteiger charge is -2.20. The molecule has 0 amide bonds. The Kier molecular flexibility index (Phi) is 14.2. The number of non-ortho nitro benzene ring substituents is 1. The lowest BCUT2D eigenvalue weighted by Crippen LogP contribution is -2.25. The molecule has 0 spiro atoms. The van der Waals surface area contributed by atoms with Gasteiger partial charge in [0.1, 0.15) is 0 Å². The van der Waals surface area contributed by atoms with E-state index in [1.807, 2.05) is 12.1 Å². The molecule has 0 aliphatic rings. The van der Waals surface area contributed by atoms with Crippen molar-refractivity contribution in [1.82, 2.24) is 4.90 Å². The van der Waals surface area contributed by atoms with Crippen molar-refractivity contribution in [2.24, 2.45) is 0 Å². The molecule has 158 valence electrons. The quantitative estimate of drug-likeness (QED) is 0.237. The summed E-state index contributed by atoms with van der Waals surface area (Å²) in [5, 5.41) is 25.4. The Morgan fingerprint density at radius 2 is 1.46 bits per heavy atom. The van der Waals surface area contributed by atoms with Gasteiger partial charge in [-0.1, -0.05) is 45.2 Å². The van der Waals surface area contributed by atoms with Crippen LogP contribution in [0.5, 0.6) is 0 Å². The predicted octanol–water partition coefficient (Wildman–Crippen LogP) is 3.98. The normalized spacial score (nSPS) is 10.2. The standard InChI is InChI=1S/C18H30N2O2.C2H2O4/c1-3-5-6-8-15-19(4-2)16-9-7-10-17-11-13-18(14-12-17)20(21)22;3-1(4)2(5)6/h11-14H,3-10,15-16H2,1-2H3;(H,3,4)(H,5,6). The second-order valence-corrected chi connectivity index (χ2v) is 6.49. The van der Waals surface area contributed by atoms with Crippen molar-refractivity contribution in [1.29, 1.82) is 0 Å². The average Bonchev–Trinajstić information content (AvgIpc) is 2.67. The number of nitro benzene ring substituents is 1. The highest BCUT2D eigenvalue weighted by molar-refractivity contribution is 6.27. The van der Waals surface area contributed by atoms with Gasteiger partial charge in [-0.25, -0.2) is 9.59 Å². The number of hydrogen-bond acceptors (Lipinski definition) is 5. The SMILES string of the molecule is CCCCCCN(CC)CCCCc1ccc([N+](=O)[O-])cc1.O=C(O)C(=O)O. The molecule has 0 atom stereocenters. The van der Waals surface area contributed by atoms with Crippen LogP contribution in [0.25, 0.3) is 0 Å². The highest BCUT2D eigenvalue weighted by atomic mass is 16.6. The zero-order valence-electron chi connectivity index (χ0n) is 16.8. The van der Waals surface area contributed by atoms with Gasteiger partial charge in [0.15, 0.2) is 0 Å². The number of unbranched alkanes of at least 4 members (excludes halogenated alkanes) is 4. The third-order valence-electron chi connectivity index (χ3n) is 4.30. The van der Waals surface area contributed by atoms with E-state index in [-0.39, 0.29) is 10.6 Å². The van der Waals surface area contributed by atoms with Crippen LogP contribution in [0.4, 0.5) is 5.69 Å². The molecule has 0 aliphatic heterocycles. The molecule has 2 N–H and O–H groups in total. The second-order valence-electron chi connectivity index (χ2n) is 6.49. The molecule has 1 aromatic carbocycles. The highest BCUT2D eigenvalue weighted by Crippen LogP contribution is 2.14. The van der Waals surface area contributed by atoms with Crippen LogP contribution < -0.4 is 0 Å². The number of rotatable bonds is 12. The lowest BCUT2D eigenvalue weighted by atomic mass is 10.1. The molecule has 8 heteroatoms. The summed E-state index contributed by atoms with van der Waals surface area (Å²) in [6.45, 7) is 7.99. The van der Waals surface area contributed by atoms with E-state index in [9.17, 15) is 10.1 Å². The number of carboxylic acids is 2. The maximum atomic E-state index is 10.6. The average molecular weight is 396 g/mol. The third kappa shape index (κ3) is 12.8. The minimum Gasteiger partial charge on any atom is -0.473 e. The molecule has 8 nitrogen and oxygen atoms in total. The second kappa shape index (κ2) is 15.6. The zero-order valence-corrected chi connectivity index (χ0v) is 16.8. The molecule has 1 rings (SSSR count). The monoisotopic (exact) mass is 396 g/mol. The van der Waals surface area contributed by atoms with E-state index < -0.39 is 11.9 Å². The fraction of sp³-hybridized carbons (Fsp3) is 0.600. The maximum absolute atomic E-state index is 10.6. The van der Waals surface area contributed by atoms with Crippen LogP contribution in [-0.2, 0) is 16.0 Å². The van der Waals surface area contributed by atoms with Crippen molar-refractivity contribution in [3.8, 4) is 0 Å². The van der Waals surface area contributed by atoms with Crippen molar-refractivity contribution in [2.45, 2.75) is 58.8 Å². The summed E-state index contributed by atoms with van der Waals surface area (Å²) in [5.41, 5.74) is 1.37. The summed E-state index contributed by atoms with van der Waals surface area (Å²) in [4.78, 5) is 31.0. The number of nitro groups is 1.